The summed E-state index contributed by atoms with van der Waals surface area (Å²) in [6, 6.07) is 0. The molecule has 0 spiro atoms. The molecule has 0 bridgehead atoms. The van der Waals surface area contributed by atoms with Gasteiger partial charge in [0, 0.05) is 11.8 Å². The van der Waals surface area contributed by atoms with Crippen LogP contribution in [0.2, 0.25) is 0 Å². The number of aliphatic hydroxyl groups excluding tert-OH is 1. The molecule has 6 heteroatoms. The van der Waals surface area contributed by atoms with Gasteiger partial charge in [-0.2, -0.15) is 0 Å². The average molecular weight is 238 g/mol. The van der Waals surface area contributed by atoms with E-state index in [1.807, 2.05) is 6.08 Å². The van der Waals surface area contributed by atoms with Crippen molar-refractivity contribution in [2.45, 2.75) is 19.6 Å². The number of aliphatic hydroxyl groups is 1. The van der Waals surface area contributed by atoms with Crippen LogP contribution < -0.4 is 11.2 Å². The molecule has 0 aliphatic carbocycles. The van der Waals surface area contributed by atoms with Crippen LogP contribution in [0.4, 0.5) is 0 Å². The van der Waals surface area contributed by atoms with Crippen molar-refractivity contribution in [3.05, 3.63) is 44.2 Å². The fraction of sp³-hybridized carbons (Fsp3) is 0.455. The van der Waals surface area contributed by atoms with E-state index < -0.39 is 5.69 Å². The van der Waals surface area contributed by atoms with Gasteiger partial charge in [0.05, 0.1) is 19.8 Å². The zero-order chi connectivity index (χ0) is 12.4. The summed E-state index contributed by atoms with van der Waals surface area (Å²) in [7, 11) is 0. The fourth-order valence-electron chi connectivity index (χ4n) is 1.78. The van der Waals surface area contributed by atoms with Crippen LogP contribution in [0.25, 0.3) is 0 Å². The number of rotatable bonds is 3. The van der Waals surface area contributed by atoms with Crippen LogP contribution in [0.5, 0.6) is 0 Å². The van der Waals surface area contributed by atoms with E-state index in [1.165, 1.54) is 10.8 Å². The van der Waals surface area contributed by atoms with Crippen molar-refractivity contribution in [2.24, 2.45) is 0 Å². The smallest absolute Gasteiger partial charge is 0.328 e. The summed E-state index contributed by atoms with van der Waals surface area (Å²) in [5, 5.41) is 9.07. The van der Waals surface area contributed by atoms with E-state index in [0.29, 0.717) is 18.7 Å². The van der Waals surface area contributed by atoms with Crippen LogP contribution >= 0.6 is 0 Å². The first kappa shape index (κ1) is 11.8. The number of aryl methyl sites for hydroxylation is 1. The monoisotopic (exact) mass is 238 g/mol. The Morgan fingerprint density at radius 2 is 2.35 bits per heavy atom. The number of hydrogen-bond acceptors (Lipinski definition) is 4. The number of aromatic amines is 1. The van der Waals surface area contributed by atoms with Crippen molar-refractivity contribution in [2.75, 3.05) is 13.2 Å². The minimum atomic E-state index is -0.454. The molecule has 0 radical (unpaired) electrons. The molecule has 1 aromatic heterocycles. The highest BCUT2D eigenvalue weighted by Gasteiger charge is 2.19. The van der Waals surface area contributed by atoms with E-state index in [1.54, 1.807) is 6.92 Å². The third-order valence-corrected chi connectivity index (χ3v) is 2.76. The first-order valence-corrected chi connectivity index (χ1v) is 5.33. The maximum atomic E-state index is 11.6. The molecular formula is C11H14N2O4. The van der Waals surface area contributed by atoms with Crippen LogP contribution in [-0.4, -0.2) is 34.0 Å². The molecule has 17 heavy (non-hydrogen) atoms. The van der Waals surface area contributed by atoms with Crippen molar-refractivity contribution in [1.29, 1.82) is 0 Å². The molecule has 0 aromatic carbocycles. The number of nitrogens with zero attached hydrogens (tertiary/aromatic N) is 1. The van der Waals surface area contributed by atoms with Crippen molar-refractivity contribution in [1.82, 2.24) is 9.55 Å². The molecule has 2 heterocycles. The Bertz CT molecular complexity index is 555. The Kier molecular flexibility index (Phi) is 3.26. The zero-order valence-electron chi connectivity index (χ0n) is 9.47. The fourth-order valence-corrected chi connectivity index (χ4v) is 1.78. The first-order chi connectivity index (χ1) is 8.11. The Hall–Kier alpha value is -1.66. The van der Waals surface area contributed by atoms with Gasteiger partial charge in [0.1, 0.15) is 6.10 Å². The third kappa shape index (κ3) is 2.37. The first-order valence-electron chi connectivity index (χ1n) is 5.33. The largest absolute Gasteiger partial charge is 0.393 e. The molecule has 1 aliphatic heterocycles. The summed E-state index contributed by atoms with van der Waals surface area (Å²) in [5.74, 6) is 0. The lowest BCUT2D eigenvalue weighted by molar-refractivity contribution is 0.0669. The second kappa shape index (κ2) is 4.68. The second-order valence-electron chi connectivity index (χ2n) is 3.98. The van der Waals surface area contributed by atoms with Crippen molar-refractivity contribution < 1.29 is 9.84 Å². The standard InChI is InChI=1S/C11H14N2O4/c1-7-4-13(11(16)12-10(7)15)5-8-2-3-17-9(8)6-14/h2,4,9,14H,3,5-6H2,1H3,(H,12,15,16)/t9-/m1/s1. The summed E-state index contributed by atoms with van der Waals surface area (Å²) in [4.78, 5) is 25.0. The van der Waals surface area contributed by atoms with E-state index in [0.717, 1.165) is 5.57 Å². The quantitative estimate of drug-likeness (QED) is 0.673. The van der Waals surface area contributed by atoms with Crippen LogP contribution in [-0.2, 0) is 11.3 Å². The second-order valence-corrected chi connectivity index (χ2v) is 3.98. The molecule has 0 saturated carbocycles. The Morgan fingerprint density at radius 3 is 3.06 bits per heavy atom. The molecule has 92 valence electrons. The molecular weight excluding hydrogens is 224 g/mol. The lowest BCUT2D eigenvalue weighted by Gasteiger charge is -2.13. The highest BCUT2D eigenvalue weighted by atomic mass is 16.5. The van der Waals surface area contributed by atoms with Gasteiger partial charge in [0.15, 0.2) is 0 Å². The van der Waals surface area contributed by atoms with Gasteiger partial charge in [-0.05, 0) is 12.5 Å². The van der Waals surface area contributed by atoms with E-state index in [4.69, 9.17) is 9.84 Å². The Morgan fingerprint density at radius 1 is 1.59 bits per heavy atom. The Labute approximate surface area is 97.2 Å². The van der Waals surface area contributed by atoms with Gasteiger partial charge in [-0.25, -0.2) is 4.79 Å². The summed E-state index contributed by atoms with van der Waals surface area (Å²) in [6.07, 6.45) is 3.00. The van der Waals surface area contributed by atoms with Gasteiger partial charge >= 0.3 is 5.69 Å². The normalized spacial score (nSPS) is 19.4. The van der Waals surface area contributed by atoms with E-state index in [-0.39, 0.29) is 18.3 Å². The lowest BCUT2D eigenvalue weighted by Crippen LogP contribution is -2.32. The molecule has 1 atom stereocenters. The molecule has 0 fully saturated rings. The molecule has 6 nitrogen and oxygen atoms in total. The van der Waals surface area contributed by atoms with Gasteiger partial charge in [0.2, 0.25) is 0 Å². The van der Waals surface area contributed by atoms with Crippen LogP contribution in [0.15, 0.2) is 27.4 Å². The topological polar surface area (TPSA) is 84.3 Å². The summed E-state index contributed by atoms with van der Waals surface area (Å²) >= 11 is 0. The molecule has 2 rings (SSSR count). The van der Waals surface area contributed by atoms with E-state index in [9.17, 15) is 9.59 Å². The molecule has 0 saturated heterocycles. The average Bonchev–Trinajstić information content (AvgIpc) is 2.73. The van der Waals surface area contributed by atoms with Crippen molar-refractivity contribution in [3.8, 4) is 0 Å². The van der Waals surface area contributed by atoms with Crippen LogP contribution in [0.3, 0.4) is 0 Å². The molecule has 2 N–H and O–H groups in total. The van der Waals surface area contributed by atoms with Crippen LogP contribution in [0.1, 0.15) is 5.56 Å². The number of H-pyrrole nitrogens is 1. The number of nitrogens with one attached hydrogen (secondary N) is 1. The van der Waals surface area contributed by atoms with Crippen LogP contribution in [0, 0.1) is 6.92 Å². The van der Waals surface area contributed by atoms with Gasteiger partial charge < -0.3 is 9.84 Å². The summed E-state index contributed by atoms with van der Waals surface area (Å²) in [6.45, 7) is 2.29. The molecule has 1 aliphatic rings. The Balaban J connectivity index is 2.28. The summed E-state index contributed by atoms with van der Waals surface area (Å²) in [5.41, 5.74) is 0.498. The van der Waals surface area contributed by atoms with Crippen molar-refractivity contribution >= 4 is 0 Å². The highest BCUT2D eigenvalue weighted by molar-refractivity contribution is 5.14. The maximum Gasteiger partial charge on any atom is 0.328 e. The lowest BCUT2D eigenvalue weighted by atomic mass is 10.1. The maximum absolute atomic E-state index is 11.6. The van der Waals surface area contributed by atoms with E-state index in [2.05, 4.69) is 4.98 Å². The molecule has 1 aromatic rings. The van der Waals surface area contributed by atoms with Gasteiger partial charge in [-0.3, -0.25) is 14.3 Å². The molecule has 0 unspecified atom stereocenters. The van der Waals surface area contributed by atoms with Crippen molar-refractivity contribution in [3.63, 3.8) is 0 Å². The number of aromatic nitrogens is 2. The molecule has 0 amide bonds. The number of ether oxygens (including phenoxy) is 1. The van der Waals surface area contributed by atoms with Gasteiger partial charge in [-0.1, -0.05) is 6.08 Å². The minimum Gasteiger partial charge on any atom is -0.393 e. The predicted molar refractivity (Wildman–Crippen MR) is 61.0 cm³/mol. The predicted octanol–water partition coefficient (Wildman–Crippen LogP) is -0.837. The highest BCUT2D eigenvalue weighted by Crippen LogP contribution is 2.15. The van der Waals surface area contributed by atoms with Gasteiger partial charge in [-0.15, -0.1) is 0 Å². The summed E-state index contributed by atoms with van der Waals surface area (Å²) < 4.78 is 6.65. The number of hydrogen-bond donors (Lipinski definition) is 2. The van der Waals surface area contributed by atoms with E-state index >= 15 is 0 Å². The van der Waals surface area contributed by atoms with Gasteiger partial charge in [0.25, 0.3) is 5.56 Å². The zero-order valence-corrected chi connectivity index (χ0v) is 9.47. The third-order valence-electron chi connectivity index (χ3n) is 2.76. The minimum absolute atomic E-state index is 0.108. The SMILES string of the molecule is Cc1cn(CC2=CCO[C@@H]2CO)c(=O)[nH]c1=O.